The van der Waals surface area contributed by atoms with Gasteiger partial charge in [-0.25, -0.2) is 4.39 Å². The molecule has 0 bridgehead atoms. The summed E-state index contributed by atoms with van der Waals surface area (Å²) in [4.78, 5) is 0. The number of aromatic hydroxyl groups is 1. The summed E-state index contributed by atoms with van der Waals surface area (Å²) < 4.78 is 18.0. The van der Waals surface area contributed by atoms with Crippen molar-refractivity contribution in [2.45, 2.75) is 19.0 Å². The van der Waals surface area contributed by atoms with Gasteiger partial charge in [-0.1, -0.05) is 0 Å². The molecule has 1 saturated heterocycles. The van der Waals surface area contributed by atoms with Gasteiger partial charge in [0.2, 0.25) is 0 Å². The SMILES string of the molecule is CC(NC1COC1)c1cc(F)ccc1O. The van der Waals surface area contributed by atoms with Gasteiger partial charge < -0.3 is 15.2 Å². The first-order valence-electron chi connectivity index (χ1n) is 4.99. The highest BCUT2D eigenvalue weighted by Gasteiger charge is 2.21. The molecule has 1 aliphatic rings. The molecule has 1 aromatic carbocycles. The van der Waals surface area contributed by atoms with Gasteiger partial charge in [-0.3, -0.25) is 0 Å². The number of hydrogen-bond acceptors (Lipinski definition) is 3. The average Bonchev–Trinajstić information content (AvgIpc) is 2.15. The van der Waals surface area contributed by atoms with E-state index in [1.807, 2.05) is 6.92 Å². The van der Waals surface area contributed by atoms with E-state index >= 15 is 0 Å². The minimum Gasteiger partial charge on any atom is -0.508 e. The van der Waals surface area contributed by atoms with Crippen molar-refractivity contribution in [2.24, 2.45) is 0 Å². The largest absolute Gasteiger partial charge is 0.508 e. The molecule has 1 unspecified atom stereocenters. The van der Waals surface area contributed by atoms with Gasteiger partial charge in [0.15, 0.2) is 0 Å². The molecular formula is C11H14FNO2. The minimum atomic E-state index is -0.332. The van der Waals surface area contributed by atoms with Crippen molar-refractivity contribution in [1.82, 2.24) is 5.32 Å². The molecule has 82 valence electrons. The summed E-state index contributed by atoms with van der Waals surface area (Å²) in [6.45, 7) is 3.26. The van der Waals surface area contributed by atoms with Crippen LogP contribution in [0.25, 0.3) is 0 Å². The van der Waals surface area contributed by atoms with Crippen LogP contribution in [0, 0.1) is 5.82 Å². The molecule has 0 saturated carbocycles. The van der Waals surface area contributed by atoms with Crippen molar-refractivity contribution in [3.63, 3.8) is 0 Å². The number of nitrogens with one attached hydrogen (secondary N) is 1. The van der Waals surface area contributed by atoms with Gasteiger partial charge in [-0.2, -0.15) is 0 Å². The molecule has 2 N–H and O–H groups in total. The summed E-state index contributed by atoms with van der Waals surface area (Å²) in [6, 6.07) is 4.21. The van der Waals surface area contributed by atoms with Gasteiger partial charge in [-0.15, -0.1) is 0 Å². The summed E-state index contributed by atoms with van der Waals surface area (Å²) >= 11 is 0. The smallest absolute Gasteiger partial charge is 0.123 e. The Morgan fingerprint density at radius 3 is 2.87 bits per heavy atom. The molecular weight excluding hydrogens is 197 g/mol. The molecule has 0 aliphatic carbocycles. The molecule has 15 heavy (non-hydrogen) atoms. The fourth-order valence-electron chi connectivity index (χ4n) is 1.65. The highest BCUT2D eigenvalue weighted by atomic mass is 19.1. The Hall–Kier alpha value is -1.13. The van der Waals surface area contributed by atoms with Gasteiger partial charge in [0.25, 0.3) is 0 Å². The molecule has 4 heteroatoms. The fraction of sp³-hybridized carbons (Fsp3) is 0.455. The Morgan fingerprint density at radius 1 is 1.53 bits per heavy atom. The first kappa shape index (κ1) is 10.4. The van der Waals surface area contributed by atoms with Crippen LogP contribution in [0.4, 0.5) is 4.39 Å². The third kappa shape index (κ3) is 2.27. The van der Waals surface area contributed by atoms with Crippen LogP contribution in [0.2, 0.25) is 0 Å². The second kappa shape index (κ2) is 4.16. The molecule has 1 fully saturated rings. The molecule has 0 radical (unpaired) electrons. The third-order valence-corrected chi connectivity index (χ3v) is 2.58. The van der Waals surface area contributed by atoms with Gasteiger partial charge in [0, 0.05) is 11.6 Å². The van der Waals surface area contributed by atoms with E-state index in [1.165, 1.54) is 18.2 Å². The van der Waals surface area contributed by atoms with E-state index in [0.29, 0.717) is 24.8 Å². The van der Waals surface area contributed by atoms with Gasteiger partial charge in [-0.05, 0) is 25.1 Å². The Kier molecular flexibility index (Phi) is 2.88. The fourth-order valence-corrected chi connectivity index (χ4v) is 1.65. The maximum atomic E-state index is 13.0. The van der Waals surface area contributed by atoms with Gasteiger partial charge >= 0.3 is 0 Å². The quantitative estimate of drug-likeness (QED) is 0.797. The van der Waals surface area contributed by atoms with Gasteiger partial charge in [0.05, 0.1) is 19.3 Å². The molecule has 2 rings (SSSR count). The maximum Gasteiger partial charge on any atom is 0.123 e. The van der Waals surface area contributed by atoms with E-state index in [4.69, 9.17) is 4.74 Å². The topological polar surface area (TPSA) is 41.5 Å². The van der Waals surface area contributed by atoms with Crippen molar-refractivity contribution in [3.05, 3.63) is 29.6 Å². The third-order valence-electron chi connectivity index (χ3n) is 2.58. The lowest BCUT2D eigenvalue weighted by atomic mass is 10.1. The van der Waals surface area contributed by atoms with Crippen molar-refractivity contribution in [3.8, 4) is 5.75 Å². The van der Waals surface area contributed by atoms with E-state index in [0.717, 1.165) is 0 Å². The Balaban J connectivity index is 2.09. The number of hydrogen-bond donors (Lipinski definition) is 2. The van der Waals surface area contributed by atoms with Crippen molar-refractivity contribution in [2.75, 3.05) is 13.2 Å². The molecule has 1 aromatic rings. The number of phenolic OH excluding ortho intramolecular Hbond substituents is 1. The normalized spacial score (nSPS) is 18.5. The highest BCUT2D eigenvalue weighted by molar-refractivity contribution is 5.34. The number of benzene rings is 1. The highest BCUT2D eigenvalue weighted by Crippen LogP contribution is 2.25. The monoisotopic (exact) mass is 211 g/mol. The lowest BCUT2D eigenvalue weighted by Gasteiger charge is -2.30. The van der Waals surface area contributed by atoms with E-state index in [-0.39, 0.29) is 17.6 Å². The first-order valence-corrected chi connectivity index (χ1v) is 4.99. The molecule has 1 aliphatic heterocycles. The molecule has 1 atom stereocenters. The molecule has 3 nitrogen and oxygen atoms in total. The Bertz CT molecular complexity index is 352. The lowest BCUT2D eigenvalue weighted by Crippen LogP contribution is -2.46. The van der Waals surface area contributed by atoms with Crippen LogP contribution < -0.4 is 5.32 Å². The number of rotatable bonds is 3. The Labute approximate surface area is 87.9 Å². The van der Waals surface area contributed by atoms with Crippen LogP contribution in [-0.2, 0) is 4.74 Å². The summed E-state index contributed by atoms with van der Waals surface area (Å²) in [5.74, 6) is -0.210. The Morgan fingerprint density at radius 2 is 2.27 bits per heavy atom. The number of phenols is 1. The summed E-state index contributed by atoms with van der Waals surface area (Å²) in [5, 5.41) is 12.8. The van der Waals surface area contributed by atoms with Crippen molar-refractivity contribution >= 4 is 0 Å². The van der Waals surface area contributed by atoms with E-state index < -0.39 is 0 Å². The number of halogens is 1. The van der Waals surface area contributed by atoms with Crippen LogP contribution in [-0.4, -0.2) is 24.4 Å². The zero-order valence-corrected chi connectivity index (χ0v) is 8.53. The van der Waals surface area contributed by atoms with Crippen LogP contribution >= 0.6 is 0 Å². The average molecular weight is 211 g/mol. The first-order chi connectivity index (χ1) is 7.16. The summed E-state index contributed by atoms with van der Waals surface area (Å²) in [5.41, 5.74) is 0.585. The van der Waals surface area contributed by atoms with Gasteiger partial charge in [0.1, 0.15) is 11.6 Å². The van der Waals surface area contributed by atoms with Crippen LogP contribution in [0.3, 0.4) is 0 Å². The second-order valence-electron chi connectivity index (χ2n) is 3.83. The predicted molar refractivity (Wildman–Crippen MR) is 54.2 cm³/mol. The minimum absolute atomic E-state index is 0.0744. The molecule has 1 heterocycles. The predicted octanol–water partition coefficient (Wildman–Crippen LogP) is 1.58. The molecule has 0 spiro atoms. The van der Waals surface area contributed by atoms with Crippen LogP contribution in [0.1, 0.15) is 18.5 Å². The maximum absolute atomic E-state index is 13.0. The van der Waals surface area contributed by atoms with Crippen LogP contribution in [0.15, 0.2) is 18.2 Å². The van der Waals surface area contributed by atoms with Crippen molar-refractivity contribution in [1.29, 1.82) is 0 Å². The van der Waals surface area contributed by atoms with E-state index in [1.54, 1.807) is 0 Å². The van der Waals surface area contributed by atoms with E-state index in [9.17, 15) is 9.50 Å². The molecule has 0 aromatic heterocycles. The van der Waals surface area contributed by atoms with Crippen molar-refractivity contribution < 1.29 is 14.2 Å². The summed E-state index contributed by atoms with van der Waals surface area (Å²) in [7, 11) is 0. The number of ether oxygens (including phenoxy) is 1. The zero-order valence-electron chi connectivity index (χ0n) is 8.53. The second-order valence-corrected chi connectivity index (χ2v) is 3.83. The van der Waals surface area contributed by atoms with Crippen LogP contribution in [0.5, 0.6) is 5.75 Å². The van der Waals surface area contributed by atoms with E-state index in [2.05, 4.69) is 5.32 Å². The lowest BCUT2D eigenvalue weighted by molar-refractivity contribution is -0.00935. The molecule has 0 amide bonds. The standard InChI is InChI=1S/C11H14FNO2/c1-7(13-9-5-15-6-9)10-4-8(12)2-3-11(10)14/h2-4,7,9,13-14H,5-6H2,1H3. The zero-order chi connectivity index (χ0) is 10.8. The summed E-state index contributed by atoms with van der Waals surface area (Å²) in [6.07, 6.45) is 0.